The van der Waals surface area contributed by atoms with Gasteiger partial charge in [-0.2, -0.15) is 0 Å². The van der Waals surface area contributed by atoms with Gasteiger partial charge in [-0.25, -0.2) is 9.59 Å². The summed E-state index contributed by atoms with van der Waals surface area (Å²) in [6, 6.07) is 13.7. The van der Waals surface area contributed by atoms with Crippen molar-refractivity contribution in [1.82, 2.24) is 0 Å². The lowest BCUT2D eigenvalue weighted by molar-refractivity contribution is -0.384. The molecule has 0 saturated heterocycles. The molecule has 1 aliphatic carbocycles. The number of nitro groups is 1. The lowest BCUT2D eigenvalue weighted by Gasteiger charge is -2.27. The van der Waals surface area contributed by atoms with Crippen molar-refractivity contribution >= 4 is 29.0 Å². The zero-order chi connectivity index (χ0) is 25.4. The largest absolute Gasteiger partial charge is 0.331 e. The van der Waals surface area contributed by atoms with E-state index in [1.165, 1.54) is 26.0 Å². The van der Waals surface area contributed by atoms with Crippen LogP contribution in [0.3, 0.4) is 0 Å². The van der Waals surface area contributed by atoms with Crippen molar-refractivity contribution in [3.05, 3.63) is 64.2 Å². The van der Waals surface area contributed by atoms with E-state index in [9.17, 15) is 19.7 Å². The minimum Gasteiger partial charge on any atom is -0.319 e. The van der Waals surface area contributed by atoms with E-state index in [2.05, 4.69) is 10.3 Å². The van der Waals surface area contributed by atoms with Crippen LogP contribution in [0, 0.1) is 22.0 Å². The van der Waals surface area contributed by atoms with Gasteiger partial charge in [0.15, 0.2) is 0 Å². The fourth-order valence-electron chi connectivity index (χ4n) is 4.27. The zero-order valence-corrected chi connectivity index (χ0v) is 20.1. The highest BCUT2D eigenvalue weighted by molar-refractivity contribution is 6.15. The Hall–Kier alpha value is -3.88. The van der Waals surface area contributed by atoms with Crippen molar-refractivity contribution in [3.8, 4) is 11.1 Å². The molecule has 9 heteroatoms. The number of oxime groups is 2. The average Bonchev–Trinajstić information content (AvgIpc) is 2.85. The number of carbonyl (C=O) groups excluding carboxylic acids is 2. The van der Waals surface area contributed by atoms with Crippen molar-refractivity contribution < 1.29 is 24.2 Å². The van der Waals surface area contributed by atoms with E-state index in [1.54, 1.807) is 12.1 Å². The second-order valence-corrected chi connectivity index (χ2v) is 8.60. The highest BCUT2D eigenvalue weighted by Gasteiger charge is 2.29. The van der Waals surface area contributed by atoms with Crippen LogP contribution in [0.5, 0.6) is 0 Å². The van der Waals surface area contributed by atoms with Gasteiger partial charge in [-0.1, -0.05) is 60.8 Å². The van der Waals surface area contributed by atoms with E-state index >= 15 is 0 Å². The van der Waals surface area contributed by atoms with Crippen LogP contribution in [0.1, 0.15) is 58.4 Å². The summed E-state index contributed by atoms with van der Waals surface area (Å²) in [7, 11) is 0. The van der Waals surface area contributed by atoms with Gasteiger partial charge in [-0.05, 0) is 36.1 Å². The Morgan fingerprint density at radius 1 is 0.886 bits per heavy atom. The van der Waals surface area contributed by atoms with Crippen LogP contribution in [0.4, 0.5) is 5.69 Å². The maximum absolute atomic E-state index is 11.5. The highest BCUT2D eigenvalue weighted by Crippen LogP contribution is 2.30. The van der Waals surface area contributed by atoms with Crippen molar-refractivity contribution in [2.45, 2.75) is 52.9 Å². The molecule has 1 saturated carbocycles. The Balaban J connectivity index is 1.94. The summed E-state index contributed by atoms with van der Waals surface area (Å²) in [5, 5.41) is 19.3. The van der Waals surface area contributed by atoms with E-state index in [0.717, 1.165) is 48.8 Å². The van der Waals surface area contributed by atoms with Crippen LogP contribution in [0.2, 0.25) is 0 Å². The van der Waals surface area contributed by atoms with Gasteiger partial charge in [-0.15, -0.1) is 0 Å². The summed E-state index contributed by atoms with van der Waals surface area (Å²) in [6.07, 6.45) is 5.16. The fraction of sp³-hybridized carbons (Fsp3) is 0.385. The monoisotopic (exact) mass is 479 g/mol. The molecule has 9 nitrogen and oxygen atoms in total. The molecule has 35 heavy (non-hydrogen) atoms. The van der Waals surface area contributed by atoms with Crippen LogP contribution in [0.15, 0.2) is 58.8 Å². The Morgan fingerprint density at radius 3 is 1.91 bits per heavy atom. The molecule has 0 aliphatic heterocycles. The van der Waals surface area contributed by atoms with Crippen LogP contribution in [-0.4, -0.2) is 28.3 Å². The first kappa shape index (κ1) is 25.7. The minimum absolute atomic E-state index is 0.0253. The first-order valence-electron chi connectivity index (χ1n) is 11.6. The fourth-order valence-corrected chi connectivity index (χ4v) is 4.27. The van der Waals surface area contributed by atoms with E-state index < -0.39 is 16.9 Å². The summed E-state index contributed by atoms with van der Waals surface area (Å²) in [5.41, 5.74) is 3.63. The molecular formula is C26H29N3O6. The van der Waals surface area contributed by atoms with Gasteiger partial charge in [0.05, 0.1) is 16.3 Å². The van der Waals surface area contributed by atoms with Crippen molar-refractivity contribution in [2.75, 3.05) is 0 Å². The van der Waals surface area contributed by atoms with E-state index in [0.29, 0.717) is 11.4 Å². The molecule has 1 atom stereocenters. The van der Waals surface area contributed by atoms with Crippen LogP contribution in [0.25, 0.3) is 11.1 Å². The summed E-state index contributed by atoms with van der Waals surface area (Å²) < 4.78 is 0. The summed E-state index contributed by atoms with van der Waals surface area (Å²) in [5.74, 6) is -1.29. The number of nitrogens with zero attached hydrogens (tertiary/aromatic N) is 3. The van der Waals surface area contributed by atoms with Gasteiger partial charge >= 0.3 is 11.9 Å². The number of rotatable bonds is 8. The SMILES string of the molecule is CC(=O)O/N=C(\c1ccc(-c2ccc([N+](=O)[O-])cc2)cc1)C(C)/C(=N/OC(C)=O)C1CCCCC1. The predicted molar refractivity (Wildman–Crippen MR) is 132 cm³/mol. The van der Waals surface area contributed by atoms with Crippen LogP contribution < -0.4 is 0 Å². The Bertz CT molecular complexity index is 1120. The molecule has 0 N–H and O–H groups in total. The van der Waals surface area contributed by atoms with Gasteiger partial charge in [0.2, 0.25) is 0 Å². The van der Waals surface area contributed by atoms with Gasteiger partial charge < -0.3 is 9.68 Å². The Labute approximate surface area is 203 Å². The molecule has 2 aromatic rings. The van der Waals surface area contributed by atoms with Gasteiger partial charge in [0.25, 0.3) is 5.69 Å². The maximum atomic E-state index is 11.5. The first-order valence-corrected chi connectivity index (χ1v) is 11.6. The molecule has 0 spiro atoms. The first-order chi connectivity index (χ1) is 16.8. The minimum atomic E-state index is -0.548. The van der Waals surface area contributed by atoms with E-state index in [-0.39, 0.29) is 17.5 Å². The third-order valence-corrected chi connectivity index (χ3v) is 6.02. The van der Waals surface area contributed by atoms with E-state index in [4.69, 9.17) is 9.68 Å². The number of carbonyl (C=O) groups is 2. The molecule has 0 radical (unpaired) electrons. The third-order valence-electron chi connectivity index (χ3n) is 6.02. The Kier molecular flexibility index (Phi) is 8.83. The predicted octanol–water partition coefficient (Wildman–Crippen LogP) is 5.66. The molecule has 1 unspecified atom stereocenters. The number of nitro benzene ring substituents is 1. The van der Waals surface area contributed by atoms with E-state index in [1.807, 2.05) is 31.2 Å². The molecular weight excluding hydrogens is 450 g/mol. The zero-order valence-electron chi connectivity index (χ0n) is 20.1. The molecule has 0 bridgehead atoms. The summed E-state index contributed by atoms with van der Waals surface area (Å²) in [6.45, 7) is 4.49. The smallest absolute Gasteiger partial charge is 0.319 e. The number of hydrogen-bond donors (Lipinski definition) is 0. The lowest BCUT2D eigenvalue weighted by Crippen LogP contribution is -2.31. The second kappa shape index (κ2) is 12.0. The standard InChI is InChI=1S/C26H29N3O6/c1-17(25(27-34-18(2)30)22-7-5-4-6-8-22)26(28-35-19(3)31)23-11-9-20(10-12-23)21-13-15-24(16-14-21)29(32)33/h9-17,22H,4-8H2,1-3H3/b27-25-,28-26-. The summed E-state index contributed by atoms with van der Waals surface area (Å²) in [4.78, 5) is 43.5. The van der Waals surface area contributed by atoms with Gasteiger partial charge in [-0.3, -0.25) is 10.1 Å². The molecule has 184 valence electrons. The molecule has 1 aliphatic rings. The lowest BCUT2D eigenvalue weighted by atomic mass is 9.79. The van der Waals surface area contributed by atoms with Crippen LogP contribution in [-0.2, 0) is 19.3 Å². The topological polar surface area (TPSA) is 120 Å². The summed E-state index contributed by atoms with van der Waals surface area (Å²) >= 11 is 0. The molecule has 3 rings (SSSR count). The average molecular weight is 480 g/mol. The molecule has 0 aromatic heterocycles. The molecule has 0 heterocycles. The normalized spacial score (nSPS) is 15.9. The quantitative estimate of drug-likeness (QED) is 0.208. The molecule has 1 fully saturated rings. The number of non-ortho nitro benzene ring substituents is 1. The van der Waals surface area contributed by atoms with Crippen LogP contribution >= 0.6 is 0 Å². The van der Waals surface area contributed by atoms with Gasteiger partial charge in [0.1, 0.15) is 0 Å². The molecule has 2 aromatic carbocycles. The van der Waals surface area contributed by atoms with Crippen molar-refractivity contribution in [2.24, 2.45) is 22.1 Å². The molecule has 0 amide bonds. The number of hydrogen-bond acceptors (Lipinski definition) is 8. The Morgan fingerprint density at radius 2 is 1.40 bits per heavy atom. The van der Waals surface area contributed by atoms with Crippen molar-refractivity contribution in [1.29, 1.82) is 0 Å². The van der Waals surface area contributed by atoms with Crippen molar-refractivity contribution in [3.63, 3.8) is 0 Å². The maximum Gasteiger partial charge on any atom is 0.331 e. The number of benzene rings is 2. The third kappa shape index (κ3) is 7.05. The highest BCUT2D eigenvalue weighted by atomic mass is 16.7. The second-order valence-electron chi connectivity index (χ2n) is 8.60. The van der Waals surface area contributed by atoms with Gasteiger partial charge in [0, 0.05) is 43.4 Å².